The number of aromatic hydroxyl groups is 1. The first kappa shape index (κ1) is 43.7. The van der Waals surface area contributed by atoms with Gasteiger partial charge >= 0.3 is 0 Å². The highest BCUT2D eigenvalue weighted by atomic mass is 16.6. The highest BCUT2D eigenvalue weighted by Gasteiger charge is 2.29. The lowest BCUT2D eigenvalue weighted by molar-refractivity contribution is -0.00353. The van der Waals surface area contributed by atoms with Crippen LogP contribution in [0, 0.1) is 0 Å². The van der Waals surface area contributed by atoms with Crippen LogP contribution in [0.3, 0.4) is 0 Å². The minimum Gasteiger partial charge on any atom is -0.504 e. The molecule has 16 nitrogen and oxygen atoms in total. The number of benzene rings is 4. The summed E-state index contributed by atoms with van der Waals surface area (Å²) in [7, 11) is 5.48. The van der Waals surface area contributed by atoms with Gasteiger partial charge in [0.1, 0.15) is 18.3 Å². The SMILES string of the molecule is COc1cc([C@@H](O)[C@H](CO)Oc2ccc([C@@H](O)[C@H](CO)Oc3ccc([C@@H](O)[C@H](CO)Oc4ccc([C@H](O)CCO)cc4OC)cc3OC)cc2OC)ccc1O. The standard InChI is InChI=1S/C40H50O16/c1-50-31-16-23(5-9-27(31)46)38(47)35(19-42)55-29-11-7-25(18-33(29)52-3)40(49)37(21-44)56-30-12-8-24(17-34(30)53-4)39(48)36(20-43)54-28-10-6-22(15-32(28)51-2)26(45)13-14-41/h5-12,15-18,26,35-49H,13-14,19-21H2,1-4H3/t26-,35+,36+,37+,38-,39-,40-/m1/s1. The molecule has 0 spiro atoms. The topological polar surface area (TPSA) is 247 Å². The van der Waals surface area contributed by atoms with Crippen molar-refractivity contribution >= 4 is 0 Å². The van der Waals surface area contributed by atoms with E-state index < -0.39 is 62.5 Å². The zero-order chi connectivity index (χ0) is 40.9. The van der Waals surface area contributed by atoms with Gasteiger partial charge < -0.3 is 79.1 Å². The van der Waals surface area contributed by atoms with Crippen molar-refractivity contribution in [3.05, 3.63) is 95.1 Å². The van der Waals surface area contributed by atoms with Crippen LogP contribution in [0.5, 0.6) is 46.0 Å². The van der Waals surface area contributed by atoms with E-state index in [4.69, 9.17) is 38.3 Å². The summed E-state index contributed by atoms with van der Waals surface area (Å²) in [5.41, 5.74) is 1.34. The van der Waals surface area contributed by atoms with E-state index in [-0.39, 0.29) is 70.2 Å². The molecule has 56 heavy (non-hydrogen) atoms. The minimum absolute atomic E-state index is 0.110. The molecule has 0 unspecified atom stereocenters. The molecule has 0 aliphatic carbocycles. The van der Waals surface area contributed by atoms with Crippen molar-refractivity contribution in [1.29, 1.82) is 0 Å². The lowest BCUT2D eigenvalue weighted by Gasteiger charge is -2.27. The monoisotopic (exact) mass is 786 g/mol. The highest BCUT2D eigenvalue weighted by molar-refractivity contribution is 5.47. The summed E-state index contributed by atoms with van der Waals surface area (Å²) in [4.78, 5) is 0. The second-order valence-corrected chi connectivity index (χ2v) is 12.5. The van der Waals surface area contributed by atoms with Crippen molar-refractivity contribution in [3.63, 3.8) is 0 Å². The van der Waals surface area contributed by atoms with Gasteiger partial charge in [-0.25, -0.2) is 0 Å². The molecule has 0 saturated carbocycles. The number of hydrogen-bond donors (Lipinski definition) is 9. The van der Waals surface area contributed by atoms with Gasteiger partial charge in [-0.1, -0.05) is 24.3 Å². The van der Waals surface area contributed by atoms with Gasteiger partial charge in [0.2, 0.25) is 0 Å². The molecule has 0 aliphatic rings. The molecule has 0 aromatic heterocycles. The molecule has 0 aliphatic heterocycles. The Kier molecular flexibility index (Phi) is 16.2. The summed E-state index contributed by atoms with van der Waals surface area (Å²) in [6.07, 6.45) is -8.50. The minimum atomic E-state index is -1.42. The Morgan fingerprint density at radius 2 is 0.750 bits per heavy atom. The largest absolute Gasteiger partial charge is 0.504 e. The first-order valence-corrected chi connectivity index (χ1v) is 17.5. The first-order valence-electron chi connectivity index (χ1n) is 17.5. The summed E-state index contributed by atoms with van der Waals surface area (Å²) >= 11 is 0. The quantitative estimate of drug-likeness (QED) is 0.0555. The van der Waals surface area contributed by atoms with Crippen LogP contribution in [-0.2, 0) is 0 Å². The summed E-state index contributed by atoms with van der Waals surface area (Å²) in [6.45, 7) is -2.04. The molecule has 4 rings (SSSR count). The van der Waals surface area contributed by atoms with Gasteiger partial charge in [0, 0.05) is 13.0 Å². The summed E-state index contributed by atoms with van der Waals surface area (Å²) in [6, 6.07) is 17.7. The van der Waals surface area contributed by atoms with Crippen LogP contribution in [0.2, 0.25) is 0 Å². The fourth-order valence-electron chi connectivity index (χ4n) is 5.82. The molecule has 0 radical (unpaired) electrons. The maximum atomic E-state index is 11.3. The summed E-state index contributed by atoms with van der Waals surface area (Å²) in [5, 5.41) is 93.2. The highest BCUT2D eigenvalue weighted by Crippen LogP contribution is 2.39. The number of ether oxygens (including phenoxy) is 7. The number of phenols is 1. The van der Waals surface area contributed by atoms with Crippen LogP contribution in [-0.4, -0.2) is 119 Å². The fraction of sp³-hybridized carbons (Fsp3) is 0.400. The lowest BCUT2D eigenvalue weighted by Crippen LogP contribution is -2.30. The van der Waals surface area contributed by atoms with Gasteiger partial charge in [-0.2, -0.15) is 0 Å². The van der Waals surface area contributed by atoms with Crippen molar-refractivity contribution in [2.45, 2.75) is 49.1 Å². The Labute approximate surface area is 323 Å². The molecule has 0 fully saturated rings. The third-order valence-electron chi connectivity index (χ3n) is 9.01. The van der Waals surface area contributed by atoms with E-state index in [1.54, 1.807) is 6.07 Å². The number of aliphatic hydroxyl groups excluding tert-OH is 8. The van der Waals surface area contributed by atoms with Crippen LogP contribution in [0.4, 0.5) is 0 Å². The average molecular weight is 787 g/mol. The van der Waals surface area contributed by atoms with Gasteiger partial charge in [0.25, 0.3) is 0 Å². The molecular formula is C40H50O16. The van der Waals surface area contributed by atoms with E-state index in [0.29, 0.717) is 11.1 Å². The Morgan fingerprint density at radius 3 is 1.09 bits per heavy atom. The number of rotatable bonds is 22. The molecule has 0 amide bonds. The van der Waals surface area contributed by atoms with Crippen LogP contribution in [0.25, 0.3) is 0 Å². The Balaban J connectivity index is 1.49. The van der Waals surface area contributed by atoms with Crippen LogP contribution >= 0.6 is 0 Å². The van der Waals surface area contributed by atoms with Crippen molar-refractivity contribution in [2.24, 2.45) is 0 Å². The predicted molar refractivity (Wildman–Crippen MR) is 200 cm³/mol. The van der Waals surface area contributed by atoms with Gasteiger partial charge in [-0.15, -0.1) is 0 Å². The molecule has 306 valence electrons. The normalized spacial score (nSPS) is 15.1. The summed E-state index contributed by atoms with van der Waals surface area (Å²) in [5.74, 6) is 0.925. The number of phenolic OH excluding ortho intramolecular Hbond substituents is 1. The molecular weight excluding hydrogens is 736 g/mol. The molecule has 16 heteroatoms. The Morgan fingerprint density at radius 1 is 0.429 bits per heavy atom. The zero-order valence-corrected chi connectivity index (χ0v) is 31.4. The van der Waals surface area contributed by atoms with Crippen LogP contribution in [0.15, 0.2) is 72.8 Å². The number of aliphatic hydroxyl groups is 8. The van der Waals surface area contributed by atoms with E-state index in [0.717, 1.165) is 0 Å². The van der Waals surface area contributed by atoms with Crippen molar-refractivity contribution < 1.29 is 79.1 Å². The Bertz CT molecular complexity index is 1840. The van der Waals surface area contributed by atoms with Crippen molar-refractivity contribution in [3.8, 4) is 46.0 Å². The van der Waals surface area contributed by atoms with Crippen molar-refractivity contribution in [1.82, 2.24) is 0 Å². The van der Waals surface area contributed by atoms with E-state index in [2.05, 4.69) is 0 Å². The zero-order valence-electron chi connectivity index (χ0n) is 31.4. The molecule has 0 bridgehead atoms. The van der Waals surface area contributed by atoms with Gasteiger partial charge in [0.15, 0.2) is 64.3 Å². The van der Waals surface area contributed by atoms with Crippen molar-refractivity contribution in [2.75, 3.05) is 54.9 Å². The average Bonchev–Trinajstić information content (AvgIpc) is 3.23. The van der Waals surface area contributed by atoms with Crippen LogP contribution < -0.4 is 33.2 Å². The molecule has 9 N–H and O–H groups in total. The first-order chi connectivity index (χ1) is 27.0. The molecule has 7 atom stereocenters. The third-order valence-corrected chi connectivity index (χ3v) is 9.01. The molecule has 0 saturated heterocycles. The Hall–Kier alpha value is -5.04. The maximum absolute atomic E-state index is 11.3. The molecule has 4 aromatic rings. The van der Waals surface area contributed by atoms with E-state index in [1.165, 1.54) is 95.2 Å². The fourth-order valence-corrected chi connectivity index (χ4v) is 5.82. The van der Waals surface area contributed by atoms with Crippen LogP contribution in [0.1, 0.15) is 53.1 Å². The molecule has 0 heterocycles. The van der Waals surface area contributed by atoms with Gasteiger partial charge in [0.05, 0.1) is 54.4 Å². The van der Waals surface area contributed by atoms with E-state index in [1.807, 2.05) is 0 Å². The lowest BCUT2D eigenvalue weighted by atomic mass is 10.0. The van der Waals surface area contributed by atoms with Gasteiger partial charge in [-0.05, 0) is 70.8 Å². The summed E-state index contributed by atoms with van der Waals surface area (Å²) < 4.78 is 39.3. The number of hydrogen-bond acceptors (Lipinski definition) is 16. The molecule has 4 aromatic carbocycles. The maximum Gasteiger partial charge on any atom is 0.161 e. The van der Waals surface area contributed by atoms with E-state index >= 15 is 0 Å². The predicted octanol–water partition coefficient (Wildman–Crippen LogP) is 2.26. The van der Waals surface area contributed by atoms with Gasteiger partial charge in [-0.3, -0.25) is 0 Å². The second kappa shape index (κ2) is 20.8. The third kappa shape index (κ3) is 10.4. The smallest absolute Gasteiger partial charge is 0.161 e. The second-order valence-electron chi connectivity index (χ2n) is 12.5. The van der Waals surface area contributed by atoms with E-state index in [9.17, 15) is 40.9 Å². The number of methoxy groups -OCH3 is 4.